The Morgan fingerprint density at radius 1 is 1.50 bits per heavy atom. The largest absolute Gasteiger partial charge is 0.295 e. The maximum Gasteiger partial charge on any atom is 0.158 e. The fourth-order valence-corrected chi connectivity index (χ4v) is 0.599. The van der Waals surface area contributed by atoms with Gasteiger partial charge in [0.25, 0.3) is 0 Å². The summed E-state index contributed by atoms with van der Waals surface area (Å²) in [5, 5.41) is 0. The standard InChI is InChI=1S/C9H16O/c1-4-6-7-9(10)8(3)5-2/h6-8H,4-5H2,1-3H3. The summed E-state index contributed by atoms with van der Waals surface area (Å²) >= 11 is 0. The molecule has 0 amide bonds. The molecule has 0 spiro atoms. The highest BCUT2D eigenvalue weighted by molar-refractivity contribution is 5.91. The molecule has 0 saturated heterocycles. The van der Waals surface area contributed by atoms with Crippen LogP contribution in [-0.4, -0.2) is 5.78 Å². The second-order valence-electron chi connectivity index (χ2n) is 2.52. The van der Waals surface area contributed by atoms with Gasteiger partial charge in [0.2, 0.25) is 0 Å². The molecule has 0 rings (SSSR count). The first-order valence-electron chi connectivity index (χ1n) is 3.92. The monoisotopic (exact) mass is 140 g/mol. The van der Waals surface area contributed by atoms with E-state index in [0.717, 1.165) is 12.8 Å². The van der Waals surface area contributed by atoms with Gasteiger partial charge in [0, 0.05) is 5.92 Å². The van der Waals surface area contributed by atoms with Crippen molar-refractivity contribution in [3.05, 3.63) is 12.2 Å². The fraction of sp³-hybridized carbons (Fsp3) is 0.667. The second kappa shape index (κ2) is 5.21. The second-order valence-corrected chi connectivity index (χ2v) is 2.52. The number of carbonyl (C=O) groups is 1. The predicted octanol–water partition coefficient (Wildman–Crippen LogP) is 2.57. The molecule has 0 aromatic heterocycles. The summed E-state index contributed by atoms with van der Waals surface area (Å²) in [6, 6.07) is 0. The Balaban J connectivity index is 3.72. The van der Waals surface area contributed by atoms with Crippen LogP contribution < -0.4 is 0 Å². The van der Waals surface area contributed by atoms with Crippen LogP contribution in [-0.2, 0) is 4.79 Å². The van der Waals surface area contributed by atoms with Gasteiger partial charge in [-0.15, -0.1) is 0 Å². The molecule has 10 heavy (non-hydrogen) atoms. The van der Waals surface area contributed by atoms with Crippen LogP contribution in [0.15, 0.2) is 12.2 Å². The van der Waals surface area contributed by atoms with Crippen molar-refractivity contribution in [2.24, 2.45) is 5.92 Å². The van der Waals surface area contributed by atoms with Crippen molar-refractivity contribution in [1.29, 1.82) is 0 Å². The van der Waals surface area contributed by atoms with Gasteiger partial charge in [-0.3, -0.25) is 4.79 Å². The minimum absolute atomic E-state index is 0.197. The third-order valence-electron chi connectivity index (χ3n) is 1.62. The van der Waals surface area contributed by atoms with Gasteiger partial charge >= 0.3 is 0 Å². The van der Waals surface area contributed by atoms with E-state index in [1.165, 1.54) is 0 Å². The smallest absolute Gasteiger partial charge is 0.158 e. The Hall–Kier alpha value is -0.590. The molecule has 0 aliphatic rings. The van der Waals surface area contributed by atoms with Crippen LogP contribution in [0.4, 0.5) is 0 Å². The maximum absolute atomic E-state index is 11.0. The summed E-state index contributed by atoms with van der Waals surface area (Å²) in [6.07, 6.45) is 5.48. The molecule has 0 aromatic rings. The van der Waals surface area contributed by atoms with E-state index in [0.29, 0.717) is 0 Å². The summed E-state index contributed by atoms with van der Waals surface area (Å²) in [6.45, 7) is 6.02. The molecule has 1 heteroatoms. The molecule has 0 fully saturated rings. The normalized spacial score (nSPS) is 13.9. The lowest BCUT2D eigenvalue weighted by atomic mass is 10.0. The molecule has 58 valence electrons. The Kier molecular flexibility index (Phi) is 4.91. The molecular formula is C9H16O. The molecule has 0 radical (unpaired) electrons. The lowest BCUT2D eigenvalue weighted by Crippen LogP contribution is -2.05. The van der Waals surface area contributed by atoms with E-state index in [1.54, 1.807) is 6.08 Å². The van der Waals surface area contributed by atoms with Gasteiger partial charge in [0.15, 0.2) is 5.78 Å². The van der Waals surface area contributed by atoms with Crippen LogP contribution in [0.25, 0.3) is 0 Å². The molecule has 0 aliphatic heterocycles. The number of hydrogen-bond acceptors (Lipinski definition) is 1. The van der Waals surface area contributed by atoms with E-state index < -0.39 is 0 Å². The summed E-state index contributed by atoms with van der Waals surface area (Å²) < 4.78 is 0. The van der Waals surface area contributed by atoms with Gasteiger partial charge in [-0.1, -0.05) is 26.8 Å². The molecule has 1 unspecified atom stereocenters. The lowest BCUT2D eigenvalue weighted by molar-refractivity contribution is -0.117. The highest BCUT2D eigenvalue weighted by atomic mass is 16.1. The molecule has 1 atom stereocenters. The van der Waals surface area contributed by atoms with Gasteiger partial charge in [0.1, 0.15) is 0 Å². The Labute approximate surface area is 63.1 Å². The Morgan fingerprint density at radius 3 is 2.50 bits per heavy atom. The molecular weight excluding hydrogens is 124 g/mol. The number of allylic oxidation sites excluding steroid dienone is 2. The Bertz CT molecular complexity index is 125. The van der Waals surface area contributed by atoms with E-state index in [9.17, 15) is 4.79 Å². The number of hydrogen-bond donors (Lipinski definition) is 0. The third-order valence-corrected chi connectivity index (χ3v) is 1.62. The zero-order valence-electron chi connectivity index (χ0n) is 7.05. The Morgan fingerprint density at radius 2 is 2.10 bits per heavy atom. The minimum atomic E-state index is 0.197. The van der Waals surface area contributed by atoms with Crippen molar-refractivity contribution in [2.45, 2.75) is 33.6 Å². The van der Waals surface area contributed by atoms with Crippen LogP contribution in [0.2, 0.25) is 0 Å². The average molecular weight is 140 g/mol. The van der Waals surface area contributed by atoms with Crippen molar-refractivity contribution >= 4 is 5.78 Å². The van der Waals surface area contributed by atoms with Gasteiger partial charge < -0.3 is 0 Å². The van der Waals surface area contributed by atoms with Gasteiger partial charge in [-0.05, 0) is 18.9 Å². The quantitative estimate of drug-likeness (QED) is 0.548. The average Bonchev–Trinajstić information content (AvgIpc) is 1.98. The van der Waals surface area contributed by atoms with Crippen LogP contribution in [0.1, 0.15) is 33.6 Å². The van der Waals surface area contributed by atoms with Crippen molar-refractivity contribution < 1.29 is 4.79 Å². The maximum atomic E-state index is 11.0. The third kappa shape index (κ3) is 3.44. The van der Waals surface area contributed by atoms with Crippen LogP contribution in [0.5, 0.6) is 0 Å². The van der Waals surface area contributed by atoms with Gasteiger partial charge in [0.05, 0.1) is 0 Å². The predicted molar refractivity (Wildman–Crippen MR) is 43.9 cm³/mol. The number of ketones is 1. The zero-order chi connectivity index (χ0) is 7.98. The first-order valence-corrected chi connectivity index (χ1v) is 3.92. The minimum Gasteiger partial charge on any atom is -0.295 e. The SMILES string of the molecule is CCC=CC(=O)C(C)CC. The van der Waals surface area contributed by atoms with E-state index in [1.807, 2.05) is 26.8 Å². The zero-order valence-corrected chi connectivity index (χ0v) is 7.05. The van der Waals surface area contributed by atoms with Crippen molar-refractivity contribution in [2.75, 3.05) is 0 Å². The molecule has 0 N–H and O–H groups in total. The van der Waals surface area contributed by atoms with E-state index in [-0.39, 0.29) is 11.7 Å². The van der Waals surface area contributed by atoms with E-state index in [4.69, 9.17) is 0 Å². The molecule has 0 bridgehead atoms. The van der Waals surface area contributed by atoms with E-state index in [2.05, 4.69) is 0 Å². The number of carbonyl (C=O) groups excluding carboxylic acids is 1. The summed E-state index contributed by atoms with van der Waals surface area (Å²) in [7, 11) is 0. The van der Waals surface area contributed by atoms with Crippen LogP contribution in [0, 0.1) is 5.92 Å². The fourth-order valence-electron chi connectivity index (χ4n) is 0.599. The summed E-state index contributed by atoms with van der Waals surface area (Å²) in [5.41, 5.74) is 0. The topological polar surface area (TPSA) is 17.1 Å². The first-order chi connectivity index (χ1) is 4.72. The van der Waals surface area contributed by atoms with Crippen molar-refractivity contribution in [3.63, 3.8) is 0 Å². The lowest BCUT2D eigenvalue weighted by Gasteiger charge is -2.00. The first kappa shape index (κ1) is 9.41. The van der Waals surface area contributed by atoms with Gasteiger partial charge in [-0.25, -0.2) is 0 Å². The highest BCUT2D eigenvalue weighted by Gasteiger charge is 2.04. The summed E-state index contributed by atoms with van der Waals surface area (Å²) in [4.78, 5) is 11.0. The van der Waals surface area contributed by atoms with Crippen molar-refractivity contribution in [1.82, 2.24) is 0 Å². The van der Waals surface area contributed by atoms with Crippen LogP contribution >= 0.6 is 0 Å². The summed E-state index contributed by atoms with van der Waals surface area (Å²) in [5.74, 6) is 0.451. The van der Waals surface area contributed by atoms with Crippen molar-refractivity contribution in [3.8, 4) is 0 Å². The molecule has 0 aliphatic carbocycles. The molecule has 0 heterocycles. The molecule has 0 aromatic carbocycles. The number of rotatable bonds is 4. The van der Waals surface area contributed by atoms with E-state index >= 15 is 0 Å². The molecule has 1 nitrogen and oxygen atoms in total. The van der Waals surface area contributed by atoms with Gasteiger partial charge in [-0.2, -0.15) is 0 Å². The molecule has 0 saturated carbocycles. The highest BCUT2D eigenvalue weighted by Crippen LogP contribution is 2.02. The van der Waals surface area contributed by atoms with Crippen LogP contribution in [0.3, 0.4) is 0 Å².